The first-order valence-corrected chi connectivity index (χ1v) is 6.11. The molecule has 1 unspecified atom stereocenters. The predicted molar refractivity (Wildman–Crippen MR) is 70.1 cm³/mol. The molecular weight excluding hydrogens is 234 g/mol. The summed E-state index contributed by atoms with van der Waals surface area (Å²) in [6.07, 6.45) is 0.0975. The monoisotopic (exact) mass is 255 g/mol. The molecule has 1 rings (SSSR count). The molecule has 1 aromatic heterocycles. The van der Waals surface area contributed by atoms with Crippen molar-refractivity contribution in [2.75, 3.05) is 37.4 Å². The van der Waals surface area contributed by atoms with Crippen LogP contribution in [0.5, 0.6) is 6.01 Å². The molecule has 0 bridgehead atoms. The molecule has 0 saturated heterocycles. The second-order valence-electron chi connectivity index (χ2n) is 3.60. The summed E-state index contributed by atoms with van der Waals surface area (Å²) >= 11 is 0. The van der Waals surface area contributed by atoms with Crippen LogP contribution in [-0.4, -0.2) is 47.9 Å². The third-order valence-corrected chi connectivity index (χ3v) is 2.11. The smallest absolute Gasteiger partial charge is 0.323 e. The van der Waals surface area contributed by atoms with Crippen molar-refractivity contribution in [3.05, 3.63) is 0 Å². The molecule has 18 heavy (non-hydrogen) atoms. The molecule has 0 saturated carbocycles. The van der Waals surface area contributed by atoms with Gasteiger partial charge in [-0.15, -0.1) is 0 Å². The minimum absolute atomic E-state index is 0.0975. The van der Waals surface area contributed by atoms with Crippen molar-refractivity contribution in [1.82, 2.24) is 15.0 Å². The summed E-state index contributed by atoms with van der Waals surface area (Å²) in [5, 5.41) is 5.96. The molecule has 1 atom stereocenters. The molecule has 7 nitrogen and oxygen atoms in total. The Kier molecular flexibility index (Phi) is 6.13. The van der Waals surface area contributed by atoms with Crippen LogP contribution in [0.3, 0.4) is 0 Å². The van der Waals surface area contributed by atoms with E-state index in [1.54, 1.807) is 7.05 Å². The third kappa shape index (κ3) is 4.70. The molecule has 0 amide bonds. The Labute approximate surface area is 107 Å². The first kappa shape index (κ1) is 14.4. The number of rotatable bonds is 8. The number of anilines is 2. The minimum atomic E-state index is 0.0975. The average Bonchev–Trinajstić information content (AvgIpc) is 2.37. The standard InChI is InChI=1S/C11H21N5O2/c1-5-17-8(3)7-13-10-14-9(12-4)15-11(16-10)18-6-2/h8H,5-7H2,1-4H3,(H2,12,13,14,15,16). The Balaban J connectivity index is 2.65. The number of aromatic nitrogens is 3. The zero-order valence-corrected chi connectivity index (χ0v) is 11.4. The van der Waals surface area contributed by atoms with Crippen molar-refractivity contribution in [3.8, 4) is 6.01 Å². The highest BCUT2D eigenvalue weighted by atomic mass is 16.5. The van der Waals surface area contributed by atoms with E-state index in [1.807, 2.05) is 20.8 Å². The summed E-state index contributed by atoms with van der Waals surface area (Å²) in [7, 11) is 1.75. The molecule has 1 heterocycles. The van der Waals surface area contributed by atoms with Gasteiger partial charge in [-0.25, -0.2) is 0 Å². The molecular formula is C11H21N5O2. The number of nitrogens with one attached hydrogen (secondary N) is 2. The lowest BCUT2D eigenvalue weighted by molar-refractivity contribution is 0.0854. The largest absolute Gasteiger partial charge is 0.464 e. The molecule has 0 aromatic carbocycles. The second-order valence-corrected chi connectivity index (χ2v) is 3.60. The van der Waals surface area contributed by atoms with Gasteiger partial charge in [-0.1, -0.05) is 0 Å². The van der Waals surface area contributed by atoms with E-state index >= 15 is 0 Å². The minimum Gasteiger partial charge on any atom is -0.464 e. The quantitative estimate of drug-likeness (QED) is 0.721. The predicted octanol–water partition coefficient (Wildman–Crippen LogP) is 1.15. The van der Waals surface area contributed by atoms with E-state index in [2.05, 4.69) is 25.6 Å². The Morgan fingerprint density at radius 1 is 1.11 bits per heavy atom. The van der Waals surface area contributed by atoms with Gasteiger partial charge in [-0.3, -0.25) is 0 Å². The van der Waals surface area contributed by atoms with Gasteiger partial charge < -0.3 is 20.1 Å². The average molecular weight is 255 g/mol. The number of ether oxygens (including phenoxy) is 2. The lowest BCUT2D eigenvalue weighted by Gasteiger charge is -2.13. The van der Waals surface area contributed by atoms with Crippen LogP contribution in [0.15, 0.2) is 0 Å². The Bertz CT molecular complexity index is 361. The summed E-state index contributed by atoms with van der Waals surface area (Å²) in [5.74, 6) is 0.948. The topological polar surface area (TPSA) is 81.2 Å². The fraction of sp³-hybridized carbons (Fsp3) is 0.727. The summed E-state index contributed by atoms with van der Waals surface area (Å²) < 4.78 is 10.7. The molecule has 0 aliphatic rings. The van der Waals surface area contributed by atoms with Crippen LogP contribution < -0.4 is 15.4 Å². The van der Waals surface area contributed by atoms with Crippen molar-refractivity contribution in [3.63, 3.8) is 0 Å². The van der Waals surface area contributed by atoms with Crippen LogP contribution in [0.25, 0.3) is 0 Å². The van der Waals surface area contributed by atoms with E-state index in [4.69, 9.17) is 9.47 Å². The van der Waals surface area contributed by atoms with E-state index in [1.165, 1.54) is 0 Å². The maximum absolute atomic E-state index is 5.42. The highest BCUT2D eigenvalue weighted by Gasteiger charge is 2.07. The van der Waals surface area contributed by atoms with E-state index in [9.17, 15) is 0 Å². The van der Waals surface area contributed by atoms with Crippen molar-refractivity contribution in [1.29, 1.82) is 0 Å². The molecule has 0 aliphatic heterocycles. The molecule has 7 heteroatoms. The normalized spacial score (nSPS) is 12.0. The number of hydrogen-bond donors (Lipinski definition) is 2. The van der Waals surface area contributed by atoms with Crippen molar-refractivity contribution in [2.45, 2.75) is 26.9 Å². The van der Waals surface area contributed by atoms with Crippen LogP contribution in [-0.2, 0) is 4.74 Å². The van der Waals surface area contributed by atoms with Gasteiger partial charge in [0.2, 0.25) is 11.9 Å². The third-order valence-electron chi connectivity index (χ3n) is 2.11. The zero-order chi connectivity index (χ0) is 13.4. The molecule has 0 spiro atoms. The van der Waals surface area contributed by atoms with Gasteiger partial charge in [0.1, 0.15) is 0 Å². The number of hydrogen-bond acceptors (Lipinski definition) is 7. The van der Waals surface area contributed by atoms with Crippen molar-refractivity contribution < 1.29 is 9.47 Å². The van der Waals surface area contributed by atoms with Crippen molar-refractivity contribution in [2.24, 2.45) is 0 Å². The van der Waals surface area contributed by atoms with Crippen LogP contribution >= 0.6 is 0 Å². The lowest BCUT2D eigenvalue weighted by Crippen LogP contribution is -2.21. The summed E-state index contributed by atoms with van der Waals surface area (Å²) in [5.41, 5.74) is 0. The van der Waals surface area contributed by atoms with Gasteiger partial charge in [0.15, 0.2) is 0 Å². The van der Waals surface area contributed by atoms with Crippen molar-refractivity contribution >= 4 is 11.9 Å². The zero-order valence-electron chi connectivity index (χ0n) is 11.4. The van der Waals surface area contributed by atoms with E-state index in [0.717, 1.165) is 0 Å². The van der Waals surface area contributed by atoms with Gasteiger partial charge in [-0.05, 0) is 20.8 Å². The maximum Gasteiger partial charge on any atom is 0.323 e. The Morgan fingerprint density at radius 3 is 2.44 bits per heavy atom. The fourth-order valence-corrected chi connectivity index (χ4v) is 1.32. The van der Waals surface area contributed by atoms with E-state index in [-0.39, 0.29) is 6.10 Å². The van der Waals surface area contributed by atoms with Crippen LogP contribution in [0.2, 0.25) is 0 Å². The molecule has 102 valence electrons. The number of nitrogens with zero attached hydrogens (tertiary/aromatic N) is 3. The van der Waals surface area contributed by atoms with Crippen LogP contribution in [0, 0.1) is 0 Å². The summed E-state index contributed by atoms with van der Waals surface area (Å²) in [6, 6.07) is 0.309. The lowest BCUT2D eigenvalue weighted by atomic mass is 10.4. The highest BCUT2D eigenvalue weighted by molar-refractivity contribution is 5.35. The first-order chi connectivity index (χ1) is 8.69. The molecule has 2 N–H and O–H groups in total. The van der Waals surface area contributed by atoms with Gasteiger partial charge in [-0.2, -0.15) is 15.0 Å². The Hall–Kier alpha value is -1.63. The van der Waals surface area contributed by atoms with Gasteiger partial charge in [0, 0.05) is 20.2 Å². The fourth-order valence-electron chi connectivity index (χ4n) is 1.32. The van der Waals surface area contributed by atoms with Gasteiger partial charge >= 0.3 is 6.01 Å². The van der Waals surface area contributed by atoms with Crippen LogP contribution in [0.1, 0.15) is 20.8 Å². The molecule has 0 radical (unpaired) electrons. The van der Waals surface area contributed by atoms with Crippen LogP contribution in [0.4, 0.5) is 11.9 Å². The Morgan fingerprint density at radius 2 is 1.83 bits per heavy atom. The van der Waals surface area contributed by atoms with Gasteiger partial charge in [0.05, 0.1) is 12.7 Å². The SMILES string of the molecule is CCOc1nc(NC)nc(NCC(C)OCC)n1. The van der Waals surface area contributed by atoms with Gasteiger partial charge in [0.25, 0.3) is 0 Å². The molecule has 0 aliphatic carbocycles. The molecule has 0 fully saturated rings. The summed E-state index contributed by atoms with van der Waals surface area (Å²) in [6.45, 7) is 7.67. The maximum atomic E-state index is 5.42. The van der Waals surface area contributed by atoms with E-state index in [0.29, 0.717) is 37.7 Å². The molecule has 1 aromatic rings. The van der Waals surface area contributed by atoms with E-state index < -0.39 is 0 Å². The first-order valence-electron chi connectivity index (χ1n) is 6.11. The highest BCUT2D eigenvalue weighted by Crippen LogP contribution is 2.10. The summed E-state index contributed by atoms with van der Waals surface area (Å²) in [4.78, 5) is 12.4. The second kappa shape index (κ2) is 7.65.